The Hall–Kier alpha value is -3.19. The van der Waals surface area contributed by atoms with E-state index in [4.69, 9.17) is 19.3 Å². The molecule has 0 spiro atoms. The number of rotatable bonds is 6. The molecule has 1 aliphatic heterocycles. The Morgan fingerprint density at radius 2 is 1.96 bits per heavy atom. The lowest BCUT2D eigenvalue weighted by atomic mass is 9.90. The van der Waals surface area contributed by atoms with Gasteiger partial charge in [0.2, 0.25) is 0 Å². The molecule has 142 valence electrons. The number of aliphatic hydroxyl groups is 1. The first-order chi connectivity index (χ1) is 13.0. The fraction of sp³-hybridized carbons (Fsp3) is 0.250. The van der Waals surface area contributed by atoms with Crippen molar-refractivity contribution in [1.82, 2.24) is 0 Å². The number of benzene rings is 2. The molecule has 27 heavy (non-hydrogen) atoms. The van der Waals surface area contributed by atoms with Crippen molar-refractivity contribution in [2.24, 2.45) is 0 Å². The molecule has 0 amide bonds. The van der Waals surface area contributed by atoms with Crippen LogP contribution in [0.5, 0.6) is 23.0 Å². The topological polar surface area (TPSA) is 105 Å². The van der Waals surface area contributed by atoms with Crippen LogP contribution in [0.4, 0.5) is 0 Å². The van der Waals surface area contributed by atoms with E-state index in [-0.39, 0.29) is 12.4 Å². The molecule has 7 nitrogen and oxygen atoms in total. The number of phenolic OH excluding ortho intramolecular Hbond substituents is 1. The number of aliphatic hydroxyl groups excluding tert-OH is 1. The molecule has 2 aromatic carbocycles. The molecular weight excluding hydrogens is 352 g/mol. The Balaban J connectivity index is 2.06. The zero-order valence-corrected chi connectivity index (χ0v) is 14.9. The Bertz CT molecular complexity index is 888. The first-order valence-corrected chi connectivity index (χ1v) is 8.25. The van der Waals surface area contributed by atoms with Crippen molar-refractivity contribution < 1.29 is 34.3 Å². The average Bonchev–Trinajstić information content (AvgIpc) is 3.03. The number of fused-ring (bicyclic) bond motifs is 1. The quantitative estimate of drug-likeness (QED) is 0.670. The van der Waals surface area contributed by atoms with E-state index in [0.717, 1.165) is 6.08 Å². The van der Waals surface area contributed by atoms with Crippen LogP contribution >= 0.6 is 0 Å². The fourth-order valence-corrected chi connectivity index (χ4v) is 3.22. The minimum absolute atomic E-state index is 0.0256. The van der Waals surface area contributed by atoms with Crippen LogP contribution in [0.25, 0.3) is 6.08 Å². The third-order valence-electron chi connectivity index (χ3n) is 4.43. The Morgan fingerprint density at radius 3 is 2.59 bits per heavy atom. The summed E-state index contributed by atoms with van der Waals surface area (Å²) >= 11 is 0. The summed E-state index contributed by atoms with van der Waals surface area (Å²) in [5, 5.41) is 28.8. The second-order valence-corrected chi connectivity index (χ2v) is 6.10. The van der Waals surface area contributed by atoms with Crippen molar-refractivity contribution in [3.63, 3.8) is 0 Å². The fourth-order valence-electron chi connectivity index (χ4n) is 3.22. The number of aromatic hydroxyl groups is 1. The molecule has 0 saturated carbocycles. The molecule has 0 radical (unpaired) electrons. The van der Waals surface area contributed by atoms with E-state index in [0.29, 0.717) is 33.9 Å². The number of hydrogen-bond donors (Lipinski definition) is 3. The summed E-state index contributed by atoms with van der Waals surface area (Å²) in [6.45, 7) is -0.203. The minimum Gasteiger partial charge on any atom is -0.508 e. The van der Waals surface area contributed by atoms with Gasteiger partial charge in [0.15, 0.2) is 11.5 Å². The number of hydrogen-bond acceptors (Lipinski definition) is 6. The molecule has 0 fully saturated rings. The maximum atomic E-state index is 10.8. The molecule has 7 heteroatoms. The van der Waals surface area contributed by atoms with Gasteiger partial charge in [-0.2, -0.15) is 0 Å². The number of phenols is 1. The van der Waals surface area contributed by atoms with Gasteiger partial charge in [-0.05, 0) is 35.9 Å². The summed E-state index contributed by atoms with van der Waals surface area (Å²) in [5.41, 5.74) is 1.96. The molecule has 1 heterocycles. The third-order valence-corrected chi connectivity index (χ3v) is 4.43. The SMILES string of the molecule is COc1cc(O)cc(C2Oc3c(OC)cc(C=CC(=O)O)cc3C2CO)c1. The molecule has 0 aromatic heterocycles. The summed E-state index contributed by atoms with van der Waals surface area (Å²) < 4.78 is 16.6. The van der Waals surface area contributed by atoms with Crippen LogP contribution in [-0.4, -0.2) is 42.1 Å². The molecule has 3 N–H and O–H groups in total. The molecule has 0 aliphatic carbocycles. The minimum atomic E-state index is -1.06. The Morgan fingerprint density at radius 1 is 1.19 bits per heavy atom. The molecule has 0 bridgehead atoms. The summed E-state index contributed by atoms with van der Waals surface area (Å²) in [4.78, 5) is 10.8. The summed E-state index contributed by atoms with van der Waals surface area (Å²) in [6, 6.07) is 8.20. The van der Waals surface area contributed by atoms with Gasteiger partial charge in [0.1, 0.15) is 17.6 Å². The van der Waals surface area contributed by atoms with Gasteiger partial charge in [0, 0.05) is 23.3 Å². The monoisotopic (exact) mass is 372 g/mol. The van der Waals surface area contributed by atoms with Crippen molar-refractivity contribution in [3.8, 4) is 23.0 Å². The number of aliphatic carboxylic acids is 1. The number of methoxy groups -OCH3 is 2. The zero-order valence-electron chi connectivity index (χ0n) is 14.9. The maximum Gasteiger partial charge on any atom is 0.328 e. The first-order valence-electron chi connectivity index (χ1n) is 8.25. The lowest BCUT2D eigenvalue weighted by molar-refractivity contribution is -0.131. The van der Waals surface area contributed by atoms with E-state index in [9.17, 15) is 15.0 Å². The van der Waals surface area contributed by atoms with Crippen molar-refractivity contribution in [3.05, 3.63) is 53.1 Å². The lowest BCUT2D eigenvalue weighted by Crippen LogP contribution is -2.13. The number of carbonyl (C=O) groups is 1. The number of ether oxygens (including phenoxy) is 3. The smallest absolute Gasteiger partial charge is 0.328 e. The van der Waals surface area contributed by atoms with Crippen LogP contribution in [0.1, 0.15) is 28.7 Å². The van der Waals surface area contributed by atoms with Crippen LogP contribution in [0.15, 0.2) is 36.4 Å². The highest BCUT2D eigenvalue weighted by Crippen LogP contribution is 2.51. The predicted molar refractivity (Wildman–Crippen MR) is 97.5 cm³/mol. The lowest BCUT2D eigenvalue weighted by Gasteiger charge is -2.18. The van der Waals surface area contributed by atoms with Gasteiger partial charge in [0.25, 0.3) is 0 Å². The Labute approximate surface area is 156 Å². The number of carboxylic acid groups (broad SMARTS) is 1. The normalized spacial score (nSPS) is 18.2. The van der Waals surface area contributed by atoms with E-state index in [1.165, 1.54) is 26.4 Å². The average molecular weight is 372 g/mol. The molecular formula is C20H20O7. The zero-order chi connectivity index (χ0) is 19.6. The molecule has 1 aliphatic rings. The second-order valence-electron chi connectivity index (χ2n) is 6.10. The van der Waals surface area contributed by atoms with Crippen LogP contribution in [-0.2, 0) is 4.79 Å². The van der Waals surface area contributed by atoms with Crippen LogP contribution in [0.3, 0.4) is 0 Å². The van der Waals surface area contributed by atoms with Gasteiger partial charge >= 0.3 is 5.97 Å². The van der Waals surface area contributed by atoms with Crippen LogP contribution in [0.2, 0.25) is 0 Å². The van der Waals surface area contributed by atoms with Crippen LogP contribution < -0.4 is 14.2 Å². The van der Waals surface area contributed by atoms with E-state index < -0.39 is 18.0 Å². The van der Waals surface area contributed by atoms with E-state index in [1.807, 2.05) is 0 Å². The molecule has 2 aromatic rings. The first kappa shape index (κ1) is 18.6. The second kappa shape index (κ2) is 7.59. The van der Waals surface area contributed by atoms with Crippen molar-refractivity contribution >= 4 is 12.0 Å². The van der Waals surface area contributed by atoms with Crippen molar-refractivity contribution in [1.29, 1.82) is 0 Å². The third kappa shape index (κ3) is 3.68. The largest absolute Gasteiger partial charge is 0.508 e. The summed E-state index contributed by atoms with van der Waals surface area (Å²) in [6.07, 6.45) is 1.92. The van der Waals surface area contributed by atoms with Crippen molar-refractivity contribution in [2.45, 2.75) is 12.0 Å². The van der Waals surface area contributed by atoms with Gasteiger partial charge < -0.3 is 29.5 Å². The van der Waals surface area contributed by atoms with E-state index in [1.54, 1.807) is 24.3 Å². The molecule has 2 atom stereocenters. The maximum absolute atomic E-state index is 10.8. The van der Waals surface area contributed by atoms with Gasteiger partial charge in [0.05, 0.1) is 26.7 Å². The standard InChI is InChI=1S/C20H20O7/c1-25-14-8-12(7-13(22)9-14)19-16(10-21)15-5-11(3-4-18(23)24)6-17(26-2)20(15)27-19/h3-9,16,19,21-22H,10H2,1-2H3,(H,23,24). The Kier molecular flexibility index (Phi) is 5.23. The van der Waals surface area contributed by atoms with Crippen molar-refractivity contribution in [2.75, 3.05) is 20.8 Å². The summed E-state index contributed by atoms with van der Waals surface area (Å²) in [5.74, 6) is -0.0642. The molecule has 2 unspecified atom stereocenters. The highest BCUT2D eigenvalue weighted by Gasteiger charge is 2.38. The predicted octanol–water partition coefficient (Wildman–Crippen LogP) is 2.72. The van der Waals surface area contributed by atoms with Gasteiger partial charge in [-0.3, -0.25) is 0 Å². The van der Waals surface area contributed by atoms with Gasteiger partial charge in [-0.1, -0.05) is 0 Å². The van der Waals surface area contributed by atoms with Crippen LogP contribution in [0, 0.1) is 0 Å². The van der Waals surface area contributed by atoms with E-state index >= 15 is 0 Å². The van der Waals surface area contributed by atoms with Gasteiger partial charge in [-0.25, -0.2) is 4.79 Å². The van der Waals surface area contributed by atoms with Gasteiger partial charge in [-0.15, -0.1) is 0 Å². The van der Waals surface area contributed by atoms with E-state index in [2.05, 4.69) is 0 Å². The highest BCUT2D eigenvalue weighted by molar-refractivity contribution is 5.85. The molecule has 3 rings (SSSR count). The number of carboxylic acids is 1. The highest BCUT2D eigenvalue weighted by atomic mass is 16.5. The summed E-state index contributed by atoms with van der Waals surface area (Å²) in [7, 11) is 2.98. The molecule has 0 saturated heterocycles.